The molecule has 0 radical (unpaired) electrons. The number of piperidine rings is 1. The summed E-state index contributed by atoms with van der Waals surface area (Å²) in [6, 6.07) is 0. The minimum atomic E-state index is -3.16. The summed E-state index contributed by atoms with van der Waals surface area (Å²) in [6.45, 7) is 2.27. The number of sulfone groups is 1. The summed E-state index contributed by atoms with van der Waals surface area (Å²) in [6.07, 6.45) is 1.99. The lowest BCUT2D eigenvalue weighted by molar-refractivity contribution is 0.348. The first-order valence-electron chi connectivity index (χ1n) is 4.94. The summed E-state index contributed by atoms with van der Waals surface area (Å²) in [7, 11) is -6.17. The molecule has 0 atom stereocenters. The zero-order valence-electron chi connectivity index (χ0n) is 9.01. The third-order valence-electron chi connectivity index (χ3n) is 2.78. The van der Waals surface area contributed by atoms with Crippen LogP contribution in [0.5, 0.6) is 0 Å². The Morgan fingerprint density at radius 1 is 1.13 bits per heavy atom. The largest absolute Gasteiger partial charge is 0.229 e. The van der Waals surface area contributed by atoms with Gasteiger partial charge in [0.1, 0.15) is 0 Å². The van der Waals surface area contributed by atoms with Crippen molar-refractivity contribution in [1.29, 1.82) is 0 Å². The van der Waals surface area contributed by atoms with Gasteiger partial charge in [-0.05, 0) is 12.8 Å². The molecule has 1 aliphatic rings. The summed E-state index contributed by atoms with van der Waals surface area (Å²) < 4.78 is 46.8. The topological polar surface area (TPSA) is 71.5 Å². The van der Waals surface area contributed by atoms with Crippen molar-refractivity contribution < 1.29 is 16.8 Å². The zero-order chi connectivity index (χ0) is 11.7. The number of hydrogen-bond acceptors (Lipinski definition) is 4. The number of nitrogens with zero attached hydrogens (tertiary/aromatic N) is 1. The Morgan fingerprint density at radius 3 is 1.93 bits per heavy atom. The smallest absolute Gasteiger partial charge is 0.211 e. The van der Waals surface area contributed by atoms with E-state index in [1.807, 2.05) is 0 Å². The first-order valence-corrected chi connectivity index (χ1v) is 8.50. The zero-order valence-corrected chi connectivity index (χ0v) is 10.6. The minimum Gasteiger partial charge on any atom is -0.229 e. The molecular weight excluding hydrogens is 238 g/mol. The van der Waals surface area contributed by atoms with Gasteiger partial charge in [-0.3, -0.25) is 0 Å². The molecule has 90 valence electrons. The van der Waals surface area contributed by atoms with Crippen molar-refractivity contribution in [2.24, 2.45) is 0 Å². The fraction of sp³-hybridized carbons (Fsp3) is 1.00. The van der Waals surface area contributed by atoms with E-state index in [2.05, 4.69) is 0 Å². The molecule has 0 amide bonds. The fourth-order valence-electron chi connectivity index (χ4n) is 1.76. The molecule has 0 spiro atoms. The summed E-state index contributed by atoms with van der Waals surface area (Å²) in [5.74, 6) is 0.135. The van der Waals surface area contributed by atoms with Crippen LogP contribution in [0, 0.1) is 0 Å². The predicted molar refractivity (Wildman–Crippen MR) is 58.9 cm³/mol. The van der Waals surface area contributed by atoms with Crippen LogP contribution in [0.25, 0.3) is 0 Å². The van der Waals surface area contributed by atoms with Crippen LogP contribution in [0.15, 0.2) is 0 Å². The number of rotatable bonds is 3. The van der Waals surface area contributed by atoms with Crippen LogP contribution in [0.4, 0.5) is 0 Å². The minimum absolute atomic E-state index is 0.135. The molecule has 0 aromatic heterocycles. The quantitative estimate of drug-likeness (QED) is 0.703. The van der Waals surface area contributed by atoms with E-state index in [0.717, 1.165) is 6.26 Å². The Balaban J connectivity index is 2.65. The Bertz CT molecular complexity index is 404. The van der Waals surface area contributed by atoms with Crippen LogP contribution < -0.4 is 0 Å². The second-order valence-electron chi connectivity index (χ2n) is 3.81. The second-order valence-corrected chi connectivity index (χ2v) is 8.37. The number of hydrogen-bond donors (Lipinski definition) is 0. The molecule has 0 unspecified atom stereocenters. The standard InChI is InChI=1S/C8H17NO4S2/c1-3-15(12,13)8-4-6-9(7-5-8)14(2,10)11/h8H,3-7H2,1-2H3. The van der Waals surface area contributed by atoms with E-state index in [9.17, 15) is 16.8 Å². The van der Waals surface area contributed by atoms with E-state index in [1.54, 1.807) is 6.92 Å². The molecule has 0 N–H and O–H groups in total. The highest BCUT2D eigenvalue weighted by atomic mass is 32.2. The van der Waals surface area contributed by atoms with Gasteiger partial charge < -0.3 is 0 Å². The van der Waals surface area contributed by atoms with E-state index < -0.39 is 19.9 Å². The van der Waals surface area contributed by atoms with Crippen molar-refractivity contribution >= 4 is 19.9 Å². The Hall–Kier alpha value is -0.140. The van der Waals surface area contributed by atoms with Gasteiger partial charge in [0.15, 0.2) is 9.84 Å². The first-order chi connectivity index (χ1) is 6.77. The lowest BCUT2D eigenvalue weighted by atomic mass is 10.2. The molecule has 0 saturated carbocycles. The molecule has 15 heavy (non-hydrogen) atoms. The third kappa shape index (κ3) is 3.15. The third-order valence-corrected chi connectivity index (χ3v) is 6.38. The van der Waals surface area contributed by atoms with Gasteiger partial charge >= 0.3 is 0 Å². The van der Waals surface area contributed by atoms with E-state index in [4.69, 9.17) is 0 Å². The molecule has 0 aromatic rings. The van der Waals surface area contributed by atoms with Gasteiger partial charge in [0.25, 0.3) is 0 Å². The average Bonchev–Trinajstić information content (AvgIpc) is 2.17. The monoisotopic (exact) mass is 255 g/mol. The van der Waals surface area contributed by atoms with Crippen LogP contribution in [0.1, 0.15) is 19.8 Å². The van der Waals surface area contributed by atoms with Crippen LogP contribution >= 0.6 is 0 Å². The van der Waals surface area contributed by atoms with Gasteiger partial charge in [0.05, 0.1) is 11.5 Å². The lowest BCUT2D eigenvalue weighted by Crippen LogP contribution is -2.42. The average molecular weight is 255 g/mol. The molecule has 1 heterocycles. The van der Waals surface area contributed by atoms with E-state index in [-0.39, 0.29) is 11.0 Å². The molecule has 1 rings (SSSR count). The van der Waals surface area contributed by atoms with Crippen molar-refractivity contribution in [1.82, 2.24) is 4.31 Å². The second kappa shape index (κ2) is 4.39. The van der Waals surface area contributed by atoms with Crippen LogP contribution in [0.2, 0.25) is 0 Å². The Morgan fingerprint density at radius 2 is 1.60 bits per heavy atom. The summed E-state index contributed by atoms with van der Waals surface area (Å²) in [5, 5.41) is -0.361. The predicted octanol–water partition coefficient (Wildman–Crippen LogP) is -0.155. The van der Waals surface area contributed by atoms with E-state index >= 15 is 0 Å². The van der Waals surface area contributed by atoms with Gasteiger partial charge in [0, 0.05) is 18.8 Å². The van der Waals surface area contributed by atoms with Crippen molar-refractivity contribution in [3.05, 3.63) is 0 Å². The lowest BCUT2D eigenvalue weighted by Gasteiger charge is -2.29. The molecule has 1 saturated heterocycles. The molecule has 0 bridgehead atoms. The normalized spacial score (nSPS) is 21.7. The van der Waals surface area contributed by atoms with Crippen LogP contribution in [0.3, 0.4) is 0 Å². The maximum Gasteiger partial charge on any atom is 0.211 e. The highest BCUT2D eigenvalue weighted by molar-refractivity contribution is 7.92. The maximum absolute atomic E-state index is 11.5. The van der Waals surface area contributed by atoms with Gasteiger partial charge in [-0.2, -0.15) is 0 Å². The van der Waals surface area contributed by atoms with Crippen LogP contribution in [-0.2, 0) is 19.9 Å². The van der Waals surface area contributed by atoms with Gasteiger partial charge in [-0.25, -0.2) is 21.1 Å². The van der Waals surface area contributed by atoms with Crippen molar-refractivity contribution in [2.45, 2.75) is 25.0 Å². The van der Waals surface area contributed by atoms with Crippen LogP contribution in [-0.4, -0.2) is 51.5 Å². The molecule has 1 aliphatic heterocycles. The Kier molecular flexibility index (Phi) is 3.78. The molecule has 1 fully saturated rings. The molecule has 0 aromatic carbocycles. The molecule has 5 nitrogen and oxygen atoms in total. The van der Waals surface area contributed by atoms with Crippen molar-refractivity contribution in [3.8, 4) is 0 Å². The Labute approximate surface area is 91.4 Å². The molecule has 0 aliphatic carbocycles. The van der Waals surface area contributed by atoms with Gasteiger partial charge in [-0.1, -0.05) is 6.92 Å². The summed E-state index contributed by atoms with van der Waals surface area (Å²) in [5.41, 5.74) is 0. The van der Waals surface area contributed by atoms with Gasteiger partial charge in [-0.15, -0.1) is 0 Å². The number of sulfonamides is 1. The highest BCUT2D eigenvalue weighted by Gasteiger charge is 2.31. The fourth-order valence-corrected chi connectivity index (χ4v) is 4.03. The van der Waals surface area contributed by atoms with Crippen molar-refractivity contribution in [3.63, 3.8) is 0 Å². The van der Waals surface area contributed by atoms with Crippen molar-refractivity contribution in [2.75, 3.05) is 25.1 Å². The molecule has 7 heteroatoms. The summed E-state index contributed by atoms with van der Waals surface area (Å²) >= 11 is 0. The summed E-state index contributed by atoms with van der Waals surface area (Å²) in [4.78, 5) is 0. The maximum atomic E-state index is 11.5. The van der Waals surface area contributed by atoms with E-state index in [1.165, 1.54) is 4.31 Å². The highest BCUT2D eigenvalue weighted by Crippen LogP contribution is 2.19. The molecular formula is C8H17NO4S2. The first kappa shape index (κ1) is 12.9. The SMILES string of the molecule is CCS(=O)(=O)C1CCN(S(C)(=O)=O)CC1. The van der Waals surface area contributed by atoms with Gasteiger partial charge in [0.2, 0.25) is 10.0 Å². The van der Waals surface area contributed by atoms with E-state index in [0.29, 0.717) is 25.9 Å².